The SMILES string of the molecule is CCN1C(=O)C2C(c3ccc(Cl)cc3)C(C(=O)c3ccccc3)C(c3cccs3)N2C1=O. The van der Waals surface area contributed by atoms with Crippen LogP contribution in [0.4, 0.5) is 4.79 Å². The molecule has 0 spiro atoms. The molecule has 162 valence electrons. The zero-order chi connectivity index (χ0) is 22.4. The van der Waals surface area contributed by atoms with Gasteiger partial charge < -0.3 is 4.90 Å². The number of likely N-dealkylation sites (N-methyl/N-ethyl adjacent to an activating group) is 1. The molecule has 32 heavy (non-hydrogen) atoms. The van der Waals surface area contributed by atoms with E-state index in [2.05, 4.69) is 0 Å². The molecular formula is C25H21ClN2O3S. The Morgan fingerprint density at radius 2 is 1.69 bits per heavy atom. The van der Waals surface area contributed by atoms with E-state index in [9.17, 15) is 14.4 Å². The summed E-state index contributed by atoms with van der Waals surface area (Å²) >= 11 is 7.63. The van der Waals surface area contributed by atoms with Gasteiger partial charge in [-0.15, -0.1) is 11.3 Å². The molecule has 0 radical (unpaired) electrons. The van der Waals surface area contributed by atoms with Crippen molar-refractivity contribution in [3.63, 3.8) is 0 Å². The number of urea groups is 1. The van der Waals surface area contributed by atoms with Gasteiger partial charge >= 0.3 is 6.03 Å². The summed E-state index contributed by atoms with van der Waals surface area (Å²) in [4.78, 5) is 44.5. The third kappa shape index (κ3) is 3.17. The third-order valence-corrected chi connectivity index (χ3v) is 7.60. The maximum atomic E-state index is 13.9. The van der Waals surface area contributed by atoms with Crippen LogP contribution in [0.5, 0.6) is 0 Å². The summed E-state index contributed by atoms with van der Waals surface area (Å²) in [6, 6.07) is 18.6. The number of halogens is 1. The van der Waals surface area contributed by atoms with Gasteiger partial charge in [0.1, 0.15) is 6.04 Å². The quantitative estimate of drug-likeness (QED) is 0.375. The standard InChI is InChI=1S/C25H21ClN2O3S/c1-2-27-24(30)22-19(15-10-12-17(26)13-11-15)20(23(29)16-7-4-3-5-8-16)21(28(22)25(27)31)18-9-6-14-32-18/h3-14,19-22H,2H2,1H3. The predicted molar refractivity (Wildman–Crippen MR) is 124 cm³/mol. The molecule has 3 heterocycles. The van der Waals surface area contributed by atoms with Crippen molar-refractivity contribution in [1.29, 1.82) is 0 Å². The molecule has 4 atom stereocenters. The van der Waals surface area contributed by atoms with Crippen LogP contribution in [-0.2, 0) is 4.79 Å². The number of carbonyl (C=O) groups excluding carboxylic acids is 3. The Morgan fingerprint density at radius 3 is 2.31 bits per heavy atom. The highest BCUT2D eigenvalue weighted by Crippen LogP contribution is 2.54. The minimum Gasteiger partial charge on any atom is -0.303 e. The van der Waals surface area contributed by atoms with Crippen molar-refractivity contribution in [3.05, 3.63) is 93.1 Å². The number of carbonyl (C=O) groups is 3. The predicted octanol–water partition coefficient (Wildman–Crippen LogP) is 5.39. The molecule has 7 heteroatoms. The number of ketones is 1. The molecule has 2 fully saturated rings. The first-order valence-electron chi connectivity index (χ1n) is 10.5. The number of thiophene rings is 1. The molecule has 2 aliphatic rings. The zero-order valence-electron chi connectivity index (χ0n) is 17.4. The number of nitrogens with zero attached hydrogens (tertiary/aromatic N) is 2. The fourth-order valence-corrected chi connectivity index (χ4v) is 6.05. The van der Waals surface area contributed by atoms with Crippen molar-refractivity contribution < 1.29 is 14.4 Å². The first-order valence-corrected chi connectivity index (χ1v) is 11.8. The van der Waals surface area contributed by atoms with Gasteiger partial charge in [0.25, 0.3) is 5.91 Å². The lowest BCUT2D eigenvalue weighted by molar-refractivity contribution is -0.128. The Labute approximate surface area is 195 Å². The second-order valence-corrected chi connectivity index (χ2v) is 9.43. The van der Waals surface area contributed by atoms with E-state index in [0.29, 0.717) is 17.1 Å². The molecule has 0 N–H and O–H groups in total. The molecule has 2 aromatic carbocycles. The molecule has 2 saturated heterocycles. The molecule has 1 aromatic heterocycles. The molecule has 5 nitrogen and oxygen atoms in total. The van der Waals surface area contributed by atoms with Crippen LogP contribution in [0.1, 0.15) is 39.7 Å². The molecule has 0 bridgehead atoms. The van der Waals surface area contributed by atoms with Crippen LogP contribution in [0, 0.1) is 5.92 Å². The lowest BCUT2D eigenvalue weighted by atomic mass is 9.77. The second-order valence-electron chi connectivity index (χ2n) is 8.01. The van der Waals surface area contributed by atoms with Crippen molar-refractivity contribution in [3.8, 4) is 0 Å². The monoisotopic (exact) mass is 464 g/mol. The second kappa shape index (κ2) is 8.19. The summed E-state index contributed by atoms with van der Waals surface area (Å²) in [6.07, 6.45) is 0. The van der Waals surface area contributed by atoms with Gasteiger partial charge in [0.05, 0.1) is 12.0 Å². The van der Waals surface area contributed by atoms with Gasteiger partial charge in [-0.3, -0.25) is 14.5 Å². The van der Waals surface area contributed by atoms with Gasteiger partial charge in [-0.1, -0.05) is 60.1 Å². The molecular weight excluding hydrogens is 444 g/mol. The summed E-state index contributed by atoms with van der Waals surface area (Å²) in [5.74, 6) is -1.38. The van der Waals surface area contributed by atoms with Crippen molar-refractivity contribution in [2.75, 3.05) is 6.54 Å². The van der Waals surface area contributed by atoms with Crippen molar-refractivity contribution in [2.45, 2.75) is 24.9 Å². The normalized spacial score (nSPS) is 24.8. The third-order valence-electron chi connectivity index (χ3n) is 6.40. The van der Waals surface area contributed by atoms with Crippen molar-refractivity contribution in [2.24, 2.45) is 5.92 Å². The van der Waals surface area contributed by atoms with E-state index in [-0.39, 0.29) is 17.7 Å². The fourth-order valence-electron chi connectivity index (χ4n) is 5.06. The highest BCUT2D eigenvalue weighted by molar-refractivity contribution is 7.10. The van der Waals surface area contributed by atoms with E-state index in [1.807, 2.05) is 47.8 Å². The van der Waals surface area contributed by atoms with Crippen LogP contribution in [-0.4, -0.2) is 40.1 Å². The van der Waals surface area contributed by atoms with Gasteiger partial charge in [0.2, 0.25) is 0 Å². The highest BCUT2D eigenvalue weighted by atomic mass is 35.5. The van der Waals surface area contributed by atoms with E-state index in [4.69, 9.17) is 11.6 Å². The average molecular weight is 465 g/mol. The van der Waals surface area contributed by atoms with Gasteiger partial charge in [0.15, 0.2) is 5.78 Å². The average Bonchev–Trinajstić information content (AvgIpc) is 3.51. The Hall–Kier alpha value is -2.96. The van der Waals surface area contributed by atoms with E-state index in [1.165, 1.54) is 16.2 Å². The first-order chi connectivity index (χ1) is 15.5. The molecule has 2 aliphatic heterocycles. The molecule has 0 saturated carbocycles. The van der Waals surface area contributed by atoms with Gasteiger partial charge in [-0.25, -0.2) is 4.79 Å². The van der Waals surface area contributed by atoms with E-state index >= 15 is 0 Å². The summed E-state index contributed by atoms with van der Waals surface area (Å²) in [5.41, 5.74) is 1.41. The number of rotatable bonds is 5. The molecule has 5 rings (SSSR count). The molecule has 0 aliphatic carbocycles. The number of hydrogen-bond acceptors (Lipinski definition) is 4. The lowest BCUT2D eigenvalue weighted by Crippen LogP contribution is -2.37. The summed E-state index contributed by atoms with van der Waals surface area (Å²) < 4.78 is 0. The number of amides is 3. The fraction of sp³-hybridized carbons (Fsp3) is 0.240. The van der Waals surface area contributed by atoms with Gasteiger partial charge in [-0.05, 0) is 36.1 Å². The van der Waals surface area contributed by atoms with Gasteiger partial charge in [-0.2, -0.15) is 0 Å². The number of imide groups is 1. The highest BCUT2D eigenvalue weighted by Gasteiger charge is 2.63. The first kappa shape index (κ1) is 20.9. The smallest absolute Gasteiger partial charge is 0.303 e. The van der Waals surface area contributed by atoms with Crippen molar-refractivity contribution in [1.82, 2.24) is 9.80 Å². The Bertz CT molecular complexity index is 1160. The lowest BCUT2D eigenvalue weighted by Gasteiger charge is -2.27. The Kier molecular flexibility index (Phi) is 5.35. The summed E-state index contributed by atoms with van der Waals surface area (Å²) in [7, 11) is 0. The van der Waals surface area contributed by atoms with Crippen LogP contribution in [0.15, 0.2) is 72.1 Å². The van der Waals surface area contributed by atoms with Crippen molar-refractivity contribution >= 4 is 40.7 Å². The summed E-state index contributed by atoms with van der Waals surface area (Å²) in [5, 5.41) is 2.51. The molecule has 3 aromatic rings. The van der Waals surface area contributed by atoms with Crippen LogP contribution >= 0.6 is 22.9 Å². The minimum absolute atomic E-state index is 0.0676. The van der Waals surface area contributed by atoms with E-state index < -0.39 is 23.9 Å². The van der Waals surface area contributed by atoms with Crippen LogP contribution in [0.3, 0.4) is 0 Å². The minimum atomic E-state index is -0.728. The largest absolute Gasteiger partial charge is 0.328 e. The molecule has 4 unspecified atom stereocenters. The van der Waals surface area contributed by atoms with Crippen LogP contribution < -0.4 is 0 Å². The summed E-state index contributed by atoms with van der Waals surface area (Å²) in [6.45, 7) is 2.09. The maximum absolute atomic E-state index is 13.9. The molecule has 3 amide bonds. The van der Waals surface area contributed by atoms with E-state index in [0.717, 1.165) is 10.4 Å². The van der Waals surface area contributed by atoms with Crippen LogP contribution in [0.2, 0.25) is 5.02 Å². The number of Topliss-reactive ketones (excluding diaryl/α,β-unsaturated/α-hetero) is 1. The number of hydrogen-bond donors (Lipinski definition) is 0. The number of benzene rings is 2. The number of fused-ring (bicyclic) bond motifs is 1. The Balaban J connectivity index is 1.72. The maximum Gasteiger partial charge on any atom is 0.328 e. The van der Waals surface area contributed by atoms with E-state index in [1.54, 1.807) is 36.1 Å². The van der Waals surface area contributed by atoms with Crippen LogP contribution in [0.25, 0.3) is 0 Å². The topological polar surface area (TPSA) is 57.7 Å². The Morgan fingerprint density at radius 1 is 0.969 bits per heavy atom. The van der Waals surface area contributed by atoms with Gasteiger partial charge in [0, 0.05) is 27.9 Å². The zero-order valence-corrected chi connectivity index (χ0v) is 18.9.